The predicted molar refractivity (Wildman–Crippen MR) is 57.9 cm³/mol. The molecular weight excluding hydrogens is 182 g/mol. The second-order valence-electron chi connectivity index (χ2n) is 2.70. The van der Waals surface area contributed by atoms with Crippen molar-refractivity contribution in [1.29, 1.82) is 0 Å². The van der Waals surface area contributed by atoms with Crippen LogP contribution in [0.15, 0.2) is 23.4 Å². The van der Waals surface area contributed by atoms with Crippen LogP contribution in [0.3, 0.4) is 0 Å². The van der Waals surface area contributed by atoms with E-state index in [4.69, 9.17) is 5.73 Å². The molecule has 0 unspecified atom stereocenters. The molecule has 0 saturated carbocycles. The molecule has 0 atom stereocenters. The lowest BCUT2D eigenvalue weighted by molar-refractivity contribution is 0.777. The third-order valence-electron chi connectivity index (χ3n) is 1.61. The Bertz CT molecular complexity index is 252. The van der Waals surface area contributed by atoms with Crippen LogP contribution in [0.25, 0.3) is 0 Å². The molecule has 1 heterocycles. The summed E-state index contributed by atoms with van der Waals surface area (Å²) in [5.74, 6) is 1.06. The summed E-state index contributed by atoms with van der Waals surface area (Å²) >= 11 is 1.71. The standard InChI is InChI=1S/C9H15N3S/c1-11-5-3-7-13-9-8(10)4-2-6-12-9/h2,4,6,11H,3,5,7,10H2,1H3. The molecule has 1 rings (SSSR count). The number of nitrogen functional groups attached to an aromatic ring is 1. The summed E-state index contributed by atoms with van der Waals surface area (Å²) in [6.45, 7) is 1.04. The topological polar surface area (TPSA) is 50.9 Å². The molecule has 1 aromatic heterocycles. The summed E-state index contributed by atoms with van der Waals surface area (Å²) in [4.78, 5) is 4.19. The Hall–Kier alpha value is -0.740. The van der Waals surface area contributed by atoms with Crippen LogP contribution in [0.4, 0.5) is 5.69 Å². The van der Waals surface area contributed by atoms with E-state index in [2.05, 4.69) is 10.3 Å². The van der Waals surface area contributed by atoms with Crippen molar-refractivity contribution in [2.24, 2.45) is 0 Å². The number of nitrogens with two attached hydrogens (primary N) is 1. The summed E-state index contributed by atoms with van der Waals surface area (Å²) in [5.41, 5.74) is 6.51. The van der Waals surface area contributed by atoms with Gasteiger partial charge >= 0.3 is 0 Å². The molecule has 3 nitrogen and oxygen atoms in total. The summed E-state index contributed by atoms with van der Waals surface area (Å²) in [6, 6.07) is 3.74. The zero-order valence-electron chi connectivity index (χ0n) is 7.79. The first-order valence-corrected chi connectivity index (χ1v) is 5.31. The summed E-state index contributed by atoms with van der Waals surface area (Å²) in [5, 5.41) is 4.05. The lowest BCUT2D eigenvalue weighted by Crippen LogP contribution is -2.08. The van der Waals surface area contributed by atoms with Crippen molar-refractivity contribution in [3.05, 3.63) is 18.3 Å². The van der Waals surface area contributed by atoms with E-state index in [1.165, 1.54) is 0 Å². The molecule has 72 valence electrons. The SMILES string of the molecule is CNCCCSc1ncccc1N. The highest BCUT2D eigenvalue weighted by molar-refractivity contribution is 7.99. The fraction of sp³-hybridized carbons (Fsp3) is 0.444. The van der Waals surface area contributed by atoms with Gasteiger partial charge in [0.25, 0.3) is 0 Å². The molecule has 0 aliphatic rings. The number of hydrogen-bond donors (Lipinski definition) is 2. The predicted octanol–water partition coefficient (Wildman–Crippen LogP) is 1.37. The van der Waals surface area contributed by atoms with Crippen molar-refractivity contribution >= 4 is 17.4 Å². The van der Waals surface area contributed by atoms with Gasteiger partial charge in [-0.1, -0.05) is 0 Å². The fourth-order valence-electron chi connectivity index (χ4n) is 0.942. The van der Waals surface area contributed by atoms with E-state index in [0.29, 0.717) is 0 Å². The van der Waals surface area contributed by atoms with E-state index in [1.54, 1.807) is 18.0 Å². The van der Waals surface area contributed by atoms with Gasteiger partial charge in [-0.05, 0) is 32.1 Å². The Morgan fingerprint density at radius 2 is 2.46 bits per heavy atom. The number of nitrogens with one attached hydrogen (secondary N) is 1. The van der Waals surface area contributed by atoms with Gasteiger partial charge in [-0.3, -0.25) is 0 Å². The molecule has 0 fully saturated rings. The molecule has 4 heteroatoms. The van der Waals surface area contributed by atoms with E-state index in [9.17, 15) is 0 Å². The number of aromatic nitrogens is 1. The van der Waals surface area contributed by atoms with Gasteiger partial charge in [-0.2, -0.15) is 0 Å². The zero-order chi connectivity index (χ0) is 9.52. The Balaban J connectivity index is 2.32. The molecule has 3 N–H and O–H groups in total. The van der Waals surface area contributed by atoms with Gasteiger partial charge in [0.05, 0.1) is 5.69 Å². The lowest BCUT2D eigenvalue weighted by Gasteiger charge is -2.02. The zero-order valence-corrected chi connectivity index (χ0v) is 8.60. The second kappa shape index (κ2) is 5.83. The molecule has 0 radical (unpaired) electrons. The molecule has 0 aromatic carbocycles. The quantitative estimate of drug-likeness (QED) is 0.553. The van der Waals surface area contributed by atoms with Crippen molar-refractivity contribution < 1.29 is 0 Å². The Labute approximate surface area is 83.1 Å². The van der Waals surface area contributed by atoms with E-state index in [1.807, 2.05) is 19.2 Å². The Morgan fingerprint density at radius 1 is 1.62 bits per heavy atom. The van der Waals surface area contributed by atoms with Crippen LogP contribution in [0.2, 0.25) is 0 Å². The average Bonchev–Trinajstić information content (AvgIpc) is 2.15. The Kier molecular flexibility index (Phi) is 4.64. The average molecular weight is 197 g/mol. The molecule has 0 bridgehead atoms. The highest BCUT2D eigenvalue weighted by atomic mass is 32.2. The fourth-order valence-corrected chi connectivity index (χ4v) is 1.79. The van der Waals surface area contributed by atoms with Crippen molar-refractivity contribution in [3.63, 3.8) is 0 Å². The minimum Gasteiger partial charge on any atom is -0.397 e. The van der Waals surface area contributed by atoms with Gasteiger partial charge in [0, 0.05) is 11.9 Å². The molecule has 0 amide bonds. The van der Waals surface area contributed by atoms with Crippen molar-refractivity contribution in [2.75, 3.05) is 25.1 Å². The second-order valence-corrected chi connectivity index (χ2v) is 3.79. The van der Waals surface area contributed by atoms with Crippen molar-refractivity contribution in [2.45, 2.75) is 11.4 Å². The van der Waals surface area contributed by atoms with Gasteiger partial charge in [0.1, 0.15) is 5.03 Å². The highest BCUT2D eigenvalue weighted by Gasteiger charge is 1.98. The number of hydrogen-bond acceptors (Lipinski definition) is 4. The van der Waals surface area contributed by atoms with Crippen LogP contribution in [0, 0.1) is 0 Å². The molecule has 13 heavy (non-hydrogen) atoms. The maximum absolute atomic E-state index is 5.74. The van der Waals surface area contributed by atoms with Crippen LogP contribution in [-0.2, 0) is 0 Å². The van der Waals surface area contributed by atoms with Gasteiger partial charge in [0.2, 0.25) is 0 Å². The number of nitrogens with zero attached hydrogens (tertiary/aromatic N) is 1. The largest absolute Gasteiger partial charge is 0.397 e. The normalized spacial score (nSPS) is 10.2. The lowest BCUT2D eigenvalue weighted by atomic mass is 10.4. The van der Waals surface area contributed by atoms with Gasteiger partial charge in [0.15, 0.2) is 0 Å². The van der Waals surface area contributed by atoms with Crippen molar-refractivity contribution in [1.82, 2.24) is 10.3 Å². The van der Waals surface area contributed by atoms with Crippen LogP contribution in [-0.4, -0.2) is 24.3 Å². The number of thioether (sulfide) groups is 1. The van der Waals surface area contributed by atoms with E-state index in [-0.39, 0.29) is 0 Å². The van der Waals surface area contributed by atoms with E-state index in [0.717, 1.165) is 29.4 Å². The highest BCUT2D eigenvalue weighted by Crippen LogP contribution is 2.21. The minimum absolute atomic E-state index is 0.775. The molecule has 0 aliphatic heterocycles. The number of pyridine rings is 1. The monoisotopic (exact) mass is 197 g/mol. The minimum atomic E-state index is 0.775. The molecule has 0 spiro atoms. The summed E-state index contributed by atoms with van der Waals surface area (Å²) < 4.78 is 0. The molecular formula is C9H15N3S. The third kappa shape index (κ3) is 3.65. The van der Waals surface area contributed by atoms with Crippen LogP contribution >= 0.6 is 11.8 Å². The maximum Gasteiger partial charge on any atom is 0.119 e. The maximum atomic E-state index is 5.74. The van der Waals surface area contributed by atoms with Gasteiger partial charge < -0.3 is 11.1 Å². The van der Waals surface area contributed by atoms with E-state index < -0.39 is 0 Å². The van der Waals surface area contributed by atoms with Gasteiger partial charge in [-0.15, -0.1) is 11.8 Å². The molecule has 0 aliphatic carbocycles. The summed E-state index contributed by atoms with van der Waals surface area (Å²) in [7, 11) is 1.96. The Morgan fingerprint density at radius 3 is 3.15 bits per heavy atom. The van der Waals surface area contributed by atoms with Crippen LogP contribution < -0.4 is 11.1 Å². The first-order valence-electron chi connectivity index (χ1n) is 4.32. The molecule has 1 aromatic rings. The van der Waals surface area contributed by atoms with E-state index >= 15 is 0 Å². The number of anilines is 1. The summed E-state index contributed by atoms with van der Waals surface area (Å²) in [6.07, 6.45) is 2.91. The van der Waals surface area contributed by atoms with Crippen molar-refractivity contribution in [3.8, 4) is 0 Å². The van der Waals surface area contributed by atoms with Crippen LogP contribution in [0.1, 0.15) is 6.42 Å². The first-order chi connectivity index (χ1) is 6.34. The van der Waals surface area contributed by atoms with Gasteiger partial charge in [-0.25, -0.2) is 4.98 Å². The van der Waals surface area contributed by atoms with Crippen LogP contribution in [0.5, 0.6) is 0 Å². The number of rotatable bonds is 5. The molecule has 0 saturated heterocycles. The smallest absolute Gasteiger partial charge is 0.119 e. The third-order valence-corrected chi connectivity index (χ3v) is 2.72. The first kappa shape index (κ1) is 10.3.